The first-order valence-electron chi connectivity index (χ1n) is 11.4. The van der Waals surface area contributed by atoms with Crippen LogP contribution in [0.5, 0.6) is 17.2 Å². The molecule has 1 aliphatic rings. The number of para-hydroxylation sites is 1. The second kappa shape index (κ2) is 11.0. The minimum Gasteiger partial charge on any atom is -0.497 e. The Kier molecular flexibility index (Phi) is 7.58. The quantitative estimate of drug-likeness (QED) is 0.509. The van der Waals surface area contributed by atoms with E-state index in [4.69, 9.17) is 14.2 Å². The molecular formula is C27H28FN3O5. The second-order valence-electron chi connectivity index (χ2n) is 8.21. The number of benzene rings is 3. The van der Waals surface area contributed by atoms with Crippen molar-refractivity contribution in [3.63, 3.8) is 0 Å². The Morgan fingerprint density at radius 1 is 0.972 bits per heavy atom. The number of amides is 3. The third-order valence-electron chi connectivity index (χ3n) is 6.19. The number of hydrogen-bond acceptors (Lipinski definition) is 5. The minimum atomic E-state index is -0.529. The van der Waals surface area contributed by atoms with Gasteiger partial charge in [-0.25, -0.2) is 9.18 Å². The first-order valence-corrected chi connectivity index (χ1v) is 11.4. The number of nitrogens with one attached hydrogen (secondary N) is 2. The van der Waals surface area contributed by atoms with Crippen molar-refractivity contribution in [3.8, 4) is 17.2 Å². The molecule has 3 aromatic carbocycles. The van der Waals surface area contributed by atoms with Gasteiger partial charge in [-0.05, 0) is 66.1 Å². The van der Waals surface area contributed by atoms with Crippen LogP contribution in [0.2, 0.25) is 0 Å². The van der Waals surface area contributed by atoms with E-state index in [0.29, 0.717) is 35.8 Å². The summed E-state index contributed by atoms with van der Waals surface area (Å²) >= 11 is 0. The zero-order valence-electron chi connectivity index (χ0n) is 20.3. The lowest BCUT2D eigenvalue weighted by atomic mass is 9.91. The van der Waals surface area contributed by atoms with Gasteiger partial charge in [-0.15, -0.1) is 0 Å². The van der Waals surface area contributed by atoms with Crippen molar-refractivity contribution in [2.75, 3.05) is 39.7 Å². The molecule has 0 aromatic heterocycles. The third-order valence-corrected chi connectivity index (χ3v) is 6.19. The van der Waals surface area contributed by atoms with Gasteiger partial charge in [0, 0.05) is 18.7 Å². The highest BCUT2D eigenvalue weighted by molar-refractivity contribution is 5.94. The van der Waals surface area contributed by atoms with Gasteiger partial charge in [0.1, 0.15) is 11.6 Å². The summed E-state index contributed by atoms with van der Waals surface area (Å²) in [5, 5.41) is 5.58. The Morgan fingerprint density at radius 3 is 2.33 bits per heavy atom. The lowest BCUT2D eigenvalue weighted by Gasteiger charge is -2.38. The fourth-order valence-electron chi connectivity index (χ4n) is 4.27. The number of nitrogens with zero attached hydrogens (tertiary/aromatic N) is 1. The third kappa shape index (κ3) is 5.19. The molecule has 188 valence electrons. The van der Waals surface area contributed by atoms with Gasteiger partial charge >= 0.3 is 6.03 Å². The fourth-order valence-corrected chi connectivity index (χ4v) is 4.27. The zero-order valence-corrected chi connectivity index (χ0v) is 20.3. The van der Waals surface area contributed by atoms with E-state index in [0.717, 1.165) is 11.1 Å². The molecule has 8 nitrogen and oxygen atoms in total. The topological polar surface area (TPSA) is 89.1 Å². The van der Waals surface area contributed by atoms with Crippen LogP contribution in [0.4, 0.5) is 14.9 Å². The summed E-state index contributed by atoms with van der Waals surface area (Å²) in [7, 11) is 4.66. The smallest absolute Gasteiger partial charge is 0.322 e. The average Bonchev–Trinajstić information content (AvgIpc) is 2.91. The molecule has 0 radical (unpaired) electrons. The first-order chi connectivity index (χ1) is 17.4. The van der Waals surface area contributed by atoms with E-state index in [9.17, 15) is 14.0 Å². The number of halogens is 1. The molecule has 1 heterocycles. The molecule has 0 spiro atoms. The van der Waals surface area contributed by atoms with Crippen LogP contribution in [-0.4, -0.2) is 51.3 Å². The maximum absolute atomic E-state index is 14.2. The van der Waals surface area contributed by atoms with E-state index < -0.39 is 17.9 Å². The number of methoxy groups -OCH3 is 3. The molecule has 0 aliphatic carbocycles. The first kappa shape index (κ1) is 24.8. The van der Waals surface area contributed by atoms with E-state index in [1.807, 2.05) is 12.1 Å². The van der Waals surface area contributed by atoms with Crippen molar-refractivity contribution in [2.45, 2.75) is 12.5 Å². The van der Waals surface area contributed by atoms with Crippen molar-refractivity contribution < 1.29 is 28.2 Å². The highest BCUT2D eigenvalue weighted by Gasteiger charge is 2.33. The number of fused-ring (bicyclic) bond motifs is 1. The molecular weight excluding hydrogens is 465 g/mol. The molecule has 36 heavy (non-hydrogen) atoms. The van der Waals surface area contributed by atoms with Crippen molar-refractivity contribution >= 4 is 17.6 Å². The van der Waals surface area contributed by atoms with Gasteiger partial charge in [-0.1, -0.05) is 12.1 Å². The highest BCUT2D eigenvalue weighted by Crippen LogP contribution is 2.38. The summed E-state index contributed by atoms with van der Waals surface area (Å²) < 4.78 is 30.3. The summed E-state index contributed by atoms with van der Waals surface area (Å²) in [5.41, 5.74) is 2.34. The van der Waals surface area contributed by atoms with Crippen LogP contribution in [0.25, 0.3) is 0 Å². The van der Waals surface area contributed by atoms with Gasteiger partial charge in [0.2, 0.25) is 0 Å². The van der Waals surface area contributed by atoms with E-state index in [2.05, 4.69) is 10.6 Å². The number of rotatable bonds is 7. The summed E-state index contributed by atoms with van der Waals surface area (Å²) in [6, 6.07) is 15.4. The van der Waals surface area contributed by atoms with Gasteiger partial charge in [-0.3, -0.25) is 4.79 Å². The van der Waals surface area contributed by atoms with Crippen molar-refractivity contribution in [1.82, 2.24) is 10.2 Å². The van der Waals surface area contributed by atoms with Gasteiger partial charge in [0.25, 0.3) is 5.91 Å². The van der Waals surface area contributed by atoms with Gasteiger partial charge in [0.05, 0.1) is 33.1 Å². The lowest BCUT2D eigenvalue weighted by molar-refractivity contribution is 0.0936. The fraction of sp³-hybridized carbons (Fsp3) is 0.259. The van der Waals surface area contributed by atoms with Crippen LogP contribution in [-0.2, 0) is 6.42 Å². The number of hydrogen-bond donors (Lipinski definition) is 2. The van der Waals surface area contributed by atoms with Gasteiger partial charge < -0.3 is 29.7 Å². The van der Waals surface area contributed by atoms with Gasteiger partial charge in [-0.2, -0.15) is 0 Å². The Bertz CT molecular complexity index is 1250. The molecule has 1 aliphatic heterocycles. The van der Waals surface area contributed by atoms with Crippen molar-refractivity contribution in [1.29, 1.82) is 0 Å². The Morgan fingerprint density at radius 2 is 1.67 bits per heavy atom. The van der Waals surface area contributed by atoms with Crippen molar-refractivity contribution in [2.24, 2.45) is 0 Å². The zero-order chi connectivity index (χ0) is 25.7. The van der Waals surface area contributed by atoms with Crippen LogP contribution in [0.3, 0.4) is 0 Å². The standard InChI is InChI=1S/C27H28FN3O5/c1-34-19-10-8-17(9-11-19)26(32)29-16-23-20-15-25(36-3)24(35-2)14-18(20)12-13-31(23)27(33)30-22-7-5-4-6-21(22)28/h4-11,14-15,23H,12-13,16H2,1-3H3,(H,29,32)(H,30,33)/t23-/m0/s1. The molecule has 0 saturated heterocycles. The SMILES string of the molecule is COc1ccc(C(=O)NC[C@H]2c3cc(OC)c(OC)cc3CCN2C(=O)Nc2ccccc2F)cc1. The summed E-state index contributed by atoms with van der Waals surface area (Å²) in [6.45, 7) is 0.504. The van der Waals surface area contributed by atoms with Gasteiger partial charge in [0.15, 0.2) is 11.5 Å². The Labute approximate surface area is 209 Å². The molecule has 4 rings (SSSR count). The number of urea groups is 1. The predicted molar refractivity (Wildman–Crippen MR) is 133 cm³/mol. The maximum Gasteiger partial charge on any atom is 0.322 e. The molecule has 1 atom stereocenters. The maximum atomic E-state index is 14.2. The Balaban J connectivity index is 1.62. The van der Waals surface area contributed by atoms with Crippen molar-refractivity contribution in [3.05, 3.63) is 83.2 Å². The molecule has 2 N–H and O–H groups in total. The highest BCUT2D eigenvalue weighted by atomic mass is 19.1. The van der Waals surface area contributed by atoms with Crippen LogP contribution in [0.1, 0.15) is 27.5 Å². The molecule has 0 unspecified atom stereocenters. The minimum absolute atomic E-state index is 0.0848. The second-order valence-corrected chi connectivity index (χ2v) is 8.21. The van der Waals surface area contributed by atoms with Crippen LogP contribution >= 0.6 is 0 Å². The number of anilines is 1. The molecule has 0 fully saturated rings. The number of carbonyl (C=O) groups is 2. The van der Waals surface area contributed by atoms with E-state index >= 15 is 0 Å². The predicted octanol–water partition coefficient (Wildman–Crippen LogP) is 4.41. The average molecular weight is 494 g/mol. The van der Waals surface area contributed by atoms with Crippen LogP contribution < -0.4 is 24.8 Å². The summed E-state index contributed by atoms with van der Waals surface area (Å²) in [4.78, 5) is 27.7. The summed E-state index contributed by atoms with van der Waals surface area (Å²) in [5.74, 6) is 0.921. The molecule has 0 saturated carbocycles. The molecule has 3 aromatic rings. The largest absolute Gasteiger partial charge is 0.497 e. The summed E-state index contributed by atoms with van der Waals surface area (Å²) in [6.07, 6.45) is 0.559. The molecule has 3 amide bonds. The molecule has 9 heteroatoms. The normalized spacial score (nSPS) is 14.4. The molecule has 0 bridgehead atoms. The van der Waals surface area contributed by atoms with E-state index in [1.54, 1.807) is 55.5 Å². The van der Waals surface area contributed by atoms with Crippen LogP contribution in [0.15, 0.2) is 60.7 Å². The van der Waals surface area contributed by atoms with E-state index in [-0.39, 0.29) is 18.1 Å². The van der Waals surface area contributed by atoms with E-state index in [1.165, 1.54) is 19.2 Å². The Hall–Kier alpha value is -4.27. The monoisotopic (exact) mass is 493 g/mol. The number of carbonyl (C=O) groups excluding carboxylic acids is 2. The lowest BCUT2D eigenvalue weighted by Crippen LogP contribution is -2.47. The number of ether oxygens (including phenoxy) is 3. The van der Waals surface area contributed by atoms with Crippen LogP contribution in [0, 0.1) is 5.82 Å².